The molecule has 5 heteroatoms. The fourth-order valence-corrected chi connectivity index (χ4v) is 1.76. The van der Waals surface area contributed by atoms with Crippen LogP contribution in [0.1, 0.15) is 5.56 Å². The molecule has 19 heavy (non-hydrogen) atoms. The van der Waals surface area contributed by atoms with Crippen molar-refractivity contribution in [3.63, 3.8) is 0 Å². The first-order chi connectivity index (χ1) is 9.10. The predicted molar refractivity (Wildman–Crippen MR) is 77.5 cm³/mol. The van der Waals surface area contributed by atoms with Crippen LogP contribution in [0, 0.1) is 5.82 Å². The molecule has 2 aromatic rings. The van der Waals surface area contributed by atoms with Gasteiger partial charge in [0.25, 0.3) is 0 Å². The van der Waals surface area contributed by atoms with Crippen LogP contribution in [0.5, 0.6) is 5.75 Å². The quantitative estimate of drug-likeness (QED) is 0.692. The Balaban J connectivity index is 2.28. The van der Waals surface area contributed by atoms with Gasteiger partial charge in [-0.05, 0) is 58.4 Å². The molecule has 0 unspecified atom stereocenters. The Labute approximate surface area is 119 Å². The first-order valence-electron chi connectivity index (χ1n) is 5.54. The van der Waals surface area contributed by atoms with Crippen LogP contribution in [0.2, 0.25) is 0 Å². The second kappa shape index (κ2) is 5.84. The molecule has 2 aromatic carbocycles. The summed E-state index contributed by atoms with van der Waals surface area (Å²) in [6, 6.07) is 11.8. The maximum absolute atomic E-state index is 13.4. The van der Waals surface area contributed by atoms with Crippen molar-refractivity contribution in [2.75, 3.05) is 7.11 Å². The Hall–Kier alpha value is -1.88. The number of nitrogens with zero attached hydrogens (tertiary/aromatic N) is 1. The van der Waals surface area contributed by atoms with Crippen molar-refractivity contribution >= 4 is 27.5 Å². The SMILES string of the molecule is COc1ccc(N=C(N)c2ccc(Br)c(F)c2)cc1. The van der Waals surface area contributed by atoms with Gasteiger partial charge in [0, 0.05) is 5.56 Å². The molecule has 0 aliphatic rings. The van der Waals surface area contributed by atoms with E-state index in [4.69, 9.17) is 10.5 Å². The molecule has 0 saturated heterocycles. The molecule has 0 bridgehead atoms. The van der Waals surface area contributed by atoms with Crippen molar-refractivity contribution in [2.24, 2.45) is 10.7 Å². The monoisotopic (exact) mass is 322 g/mol. The van der Waals surface area contributed by atoms with Gasteiger partial charge >= 0.3 is 0 Å². The van der Waals surface area contributed by atoms with Crippen LogP contribution >= 0.6 is 15.9 Å². The van der Waals surface area contributed by atoms with E-state index in [2.05, 4.69) is 20.9 Å². The summed E-state index contributed by atoms with van der Waals surface area (Å²) in [5.41, 5.74) is 7.07. The highest BCUT2D eigenvalue weighted by atomic mass is 79.9. The fraction of sp³-hybridized carbons (Fsp3) is 0.0714. The molecule has 2 N–H and O–H groups in total. The number of rotatable bonds is 3. The number of hydrogen-bond donors (Lipinski definition) is 1. The normalized spacial score (nSPS) is 11.4. The Morgan fingerprint density at radius 1 is 1.21 bits per heavy atom. The average molecular weight is 323 g/mol. The van der Waals surface area contributed by atoms with E-state index in [0.29, 0.717) is 15.7 Å². The number of hydrogen-bond acceptors (Lipinski definition) is 2. The first-order valence-corrected chi connectivity index (χ1v) is 6.33. The van der Waals surface area contributed by atoms with Gasteiger partial charge in [-0.15, -0.1) is 0 Å². The molecule has 0 atom stereocenters. The van der Waals surface area contributed by atoms with Gasteiger partial charge in [0.1, 0.15) is 17.4 Å². The van der Waals surface area contributed by atoms with E-state index >= 15 is 0 Å². The lowest BCUT2D eigenvalue weighted by molar-refractivity contribution is 0.415. The molecule has 0 aromatic heterocycles. The molecule has 0 fully saturated rings. The minimum atomic E-state index is -0.370. The molecule has 0 heterocycles. The zero-order chi connectivity index (χ0) is 13.8. The van der Waals surface area contributed by atoms with Crippen LogP contribution in [0.4, 0.5) is 10.1 Å². The van der Waals surface area contributed by atoms with Crippen molar-refractivity contribution in [1.82, 2.24) is 0 Å². The van der Waals surface area contributed by atoms with Gasteiger partial charge in [-0.25, -0.2) is 9.38 Å². The number of ether oxygens (including phenoxy) is 1. The maximum atomic E-state index is 13.4. The molecule has 0 spiro atoms. The molecule has 98 valence electrons. The molecule has 0 radical (unpaired) electrons. The zero-order valence-electron chi connectivity index (χ0n) is 10.2. The zero-order valence-corrected chi connectivity index (χ0v) is 11.8. The lowest BCUT2D eigenvalue weighted by Crippen LogP contribution is -2.13. The summed E-state index contributed by atoms with van der Waals surface area (Å²) < 4.78 is 18.9. The largest absolute Gasteiger partial charge is 0.497 e. The van der Waals surface area contributed by atoms with Crippen molar-refractivity contribution in [3.05, 3.63) is 58.3 Å². The highest BCUT2D eigenvalue weighted by Gasteiger charge is 2.04. The van der Waals surface area contributed by atoms with Crippen LogP contribution in [0.25, 0.3) is 0 Å². The van der Waals surface area contributed by atoms with Crippen LogP contribution in [-0.2, 0) is 0 Å². The summed E-state index contributed by atoms with van der Waals surface area (Å²) in [6.45, 7) is 0. The first kappa shape index (κ1) is 13.5. The van der Waals surface area contributed by atoms with Gasteiger partial charge in [-0.2, -0.15) is 0 Å². The number of nitrogens with two attached hydrogens (primary N) is 1. The highest BCUT2D eigenvalue weighted by molar-refractivity contribution is 9.10. The van der Waals surface area contributed by atoms with E-state index in [9.17, 15) is 4.39 Å². The fourth-order valence-electron chi connectivity index (χ4n) is 1.52. The van der Waals surface area contributed by atoms with Gasteiger partial charge in [0.15, 0.2) is 0 Å². The Morgan fingerprint density at radius 3 is 2.47 bits per heavy atom. The lowest BCUT2D eigenvalue weighted by atomic mass is 10.2. The van der Waals surface area contributed by atoms with Crippen molar-refractivity contribution in [3.8, 4) is 5.75 Å². The number of benzene rings is 2. The average Bonchev–Trinajstić information content (AvgIpc) is 2.42. The Kier molecular flexibility index (Phi) is 4.16. The number of halogens is 2. The van der Waals surface area contributed by atoms with Crippen molar-refractivity contribution in [2.45, 2.75) is 0 Å². The minimum absolute atomic E-state index is 0.261. The molecule has 0 aliphatic heterocycles. The molecule has 2 rings (SSSR count). The van der Waals surface area contributed by atoms with E-state index in [1.54, 1.807) is 43.5 Å². The second-order valence-electron chi connectivity index (χ2n) is 3.82. The third kappa shape index (κ3) is 3.32. The summed E-state index contributed by atoms with van der Waals surface area (Å²) >= 11 is 3.09. The van der Waals surface area contributed by atoms with Gasteiger partial charge in [-0.1, -0.05) is 0 Å². The molecular weight excluding hydrogens is 311 g/mol. The van der Waals surface area contributed by atoms with Crippen LogP contribution in [-0.4, -0.2) is 12.9 Å². The van der Waals surface area contributed by atoms with E-state index in [1.165, 1.54) is 6.07 Å². The topological polar surface area (TPSA) is 47.6 Å². The van der Waals surface area contributed by atoms with Crippen LogP contribution in [0.15, 0.2) is 51.9 Å². The van der Waals surface area contributed by atoms with Crippen LogP contribution in [0.3, 0.4) is 0 Å². The minimum Gasteiger partial charge on any atom is -0.497 e. The number of amidine groups is 1. The summed E-state index contributed by atoms with van der Waals surface area (Å²) in [4.78, 5) is 4.23. The summed E-state index contributed by atoms with van der Waals surface area (Å²) in [5.74, 6) is 0.633. The molecule has 0 saturated carbocycles. The van der Waals surface area contributed by atoms with Crippen LogP contribution < -0.4 is 10.5 Å². The Morgan fingerprint density at radius 2 is 1.89 bits per heavy atom. The Bertz CT molecular complexity index is 611. The van der Waals surface area contributed by atoms with E-state index in [1.807, 2.05) is 0 Å². The second-order valence-corrected chi connectivity index (χ2v) is 4.68. The van der Waals surface area contributed by atoms with Crippen molar-refractivity contribution < 1.29 is 9.13 Å². The predicted octanol–water partition coefficient (Wildman–Crippen LogP) is 3.63. The van der Waals surface area contributed by atoms with Gasteiger partial charge in [0.05, 0.1) is 17.3 Å². The maximum Gasteiger partial charge on any atom is 0.138 e. The third-order valence-electron chi connectivity index (χ3n) is 2.54. The van der Waals surface area contributed by atoms with Gasteiger partial charge in [0.2, 0.25) is 0 Å². The molecular formula is C14H12BrFN2O. The smallest absolute Gasteiger partial charge is 0.138 e. The molecule has 0 aliphatic carbocycles. The molecule has 3 nitrogen and oxygen atoms in total. The number of aliphatic imine (C=N–C) groups is 1. The lowest BCUT2D eigenvalue weighted by Gasteiger charge is -2.03. The van der Waals surface area contributed by atoms with Gasteiger partial charge in [-0.3, -0.25) is 0 Å². The third-order valence-corrected chi connectivity index (χ3v) is 3.18. The van der Waals surface area contributed by atoms with E-state index in [-0.39, 0.29) is 11.7 Å². The van der Waals surface area contributed by atoms with E-state index < -0.39 is 0 Å². The van der Waals surface area contributed by atoms with Gasteiger partial charge < -0.3 is 10.5 Å². The summed E-state index contributed by atoms with van der Waals surface area (Å²) in [5, 5.41) is 0. The number of methoxy groups -OCH3 is 1. The standard InChI is InChI=1S/C14H12BrFN2O/c1-19-11-5-3-10(4-6-11)18-14(17)9-2-7-12(15)13(16)8-9/h2-8H,1H3,(H2,17,18). The molecule has 0 amide bonds. The summed E-state index contributed by atoms with van der Waals surface area (Å²) in [7, 11) is 1.59. The highest BCUT2D eigenvalue weighted by Crippen LogP contribution is 2.20. The summed E-state index contributed by atoms with van der Waals surface area (Å²) in [6.07, 6.45) is 0. The van der Waals surface area contributed by atoms with E-state index in [0.717, 1.165) is 5.75 Å². The van der Waals surface area contributed by atoms with Crippen molar-refractivity contribution in [1.29, 1.82) is 0 Å².